The summed E-state index contributed by atoms with van der Waals surface area (Å²) in [4.78, 5) is 24.7. The molecule has 19 heavy (non-hydrogen) atoms. The van der Waals surface area contributed by atoms with Crippen molar-refractivity contribution in [3.05, 3.63) is 16.5 Å². The van der Waals surface area contributed by atoms with Crippen LogP contribution >= 0.6 is 11.3 Å². The van der Waals surface area contributed by atoms with Crippen molar-refractivity contribution in [2.45, 2.75) is 32.8 Å². The Morgan fingerprint density at radius 3 is 3.00 bits per heavy atom. The summed E-state index contributed by atoms with van der Waals surface area (Å²) in [6.45, 7) is 4.57. The molecule has 1 amide bonds. The molecule has 1 aromatic rings. The van der Waals surface area contributed by atoms with Crippen LogP contribution < -0.4 is 5.32 Å². The van der Waals surface area contributed by atoms with Crippen molar-refractivity contribution in [3.63, 3.8) is 0 Å². The summed E-state index contributed by atoms with van der Waals surface area (Å²) >= 11 is 1.37. The SMILES string of the molecule is CCOC(=O)c1cc(C)sc1NC(=O)C1CCCO1. The lowest BCUT2D eigenvalue weighted by Crippen LogP contribution is -2.27. The molecule has 2 rings (SSSR count). The lowest BCUT2D eigenvalue weighted by Gasteiger charge is -2.10. The van der Waals surface area contributed by atoms with Crippen LogP contribution in [-0.4, -0.2) is 31.2 Å². The molecule has 1 N–H and O–H groups in total. The molecule has 104 valence electrons. The smallest absolute Gasteiger partial charge is 0.341 e. The maximum absolute atomic E-state index is 12.0. The zero-order valence-electron chi connectivity index (χ0n) is 11.0. The van der Waals surface area contributed by atoms with Crippen LogP contribution in [0.25, 0.3) is 0 Å². The van der Waals surface area contributed by atoms with Gasteiger partial charge in [0.1, 0.15) is 11.1 Å². The highest BCUT2D eigenvalue weighted by Gasteiger charge is 2.26. The van der Waals surface area contributed by atoms with Crippen molar-refractivity contribution in [2.24, 2.45) is 0 Å². The van der Waals surface area contributed by atoms with E-state index in [2.05, 4.69) is 5.32 Å². The number of carbonyl (C=O) groups is 2. The van der Waals surface area contributed by atoms with Crippen molar-refractivity contribution in [2.75, 3.05) is 18.5 Å². The second-order valence-electron chi connectivity index (χ2n) is 4.31. The summed E-state index contributed by atoms with van der Waals surface area (Å²) < 4.78 is 10.3. The Kier molecular flexibility index (Phi) is 4.55. The van der Waals surface area contributed by atoms with Crippen molar-refractivity contribution in [1.29, 1.82) is 0 Å². The third kappa shape index (κ3) is 3.33. The van der Waals surface area contributed by atoms with Gasteiger partial charge in [0.05, 0.1) is 12.2 Å². The lowest BCUT2D eigenvalue weighted by molar-refractivity contribution is -0.124. The molecule has 0 spiro atoms. The molecule has 1 aromatic heterocycles. The lowest BCUT2D eigenvalue weighted by atomic mass is 10.2. The van der Waals surface area contributed by atoms with E-state index in [0.29, 0.717) is 23.8 Å². The quantitative estimate of drug-likeness (QED) is 0.861. The molecular formula is C13H17NO4S. The summed E-state index contributed by atoms with van der Waals surface area (Å²) in [7, 11) is 0. The second-order valence-corrected chi connectivity index (χ2v) is 5.57. The molecule has 6 heteroatoms. The fraction of sp³-hybridized carbons (Fsp3) is 0.538. The largest absolute Gasteiger partial charge is 0.462 e. The minimum absolute atomic E-state index is 0.190. The number of rotatable bonds is 4. The minimum atomic E-state index is -0.408. The third-order valence-electron chi connectivity index (χ3n) is 2.81. The summed E-state index contributed by atoms with van der Waals surface area (Å²) in [5.74, 6) is -0.598. The number of hydrogen-bond donors (Lipinski definition) is 1. The van der Waals surface area contributed by atoms with Gasteiger partial charge in [-0.3, -0.25) is 4.79 Å². The highest BCUT2D eigenvalue weighted by molar-refractivity contribution is 7.16. The average molecular weight is 283 g/mol. The number of nitrogens with one attached hydrogen (secondary N) is 1. The summed E-state index contributed by atoms with van der Waals surface area (Å²) in [6.07, 6.45) is 1.22. The maximum atomic E-state index is 12.0. The summed E-state index contributed by atoms with van der Waals surface area (Å²) in [6, 6.07) is 1.73. The van der Waals surface area contributed by atoms with E-state index in [1.165, 1.54) is 11.3 Å². The second kappa shape index (κ2) is 6.16. The number of esters is 1. The highest BCUT2D eigenvalue weighted by Crippen LogP contribution is 2.29. The van der Waals surface area contributed by atoms with E-state index in [-0.39, 0.29) is 5.91 Å². The average Bonchev–Trinajstić information content (AvgIpc) is 2.98. The first-order valence-electron chi connectivity index (χ1n) is 6.32. The van der Waals surface area contributed by atoms with Gasteiger partial charge in [-0.2, -0.15) is 0 Å². The Balaban J connectivity index is 2.10. The van der Waals surface area contributed by atoms with Crippen LogP contribution in [0.15, 0.2) is 6.07 Å². The van der Waals surface area contributed by atoms with E-state index in [0.717, 1.165) is 17.7 Å². The first kappa shape index (κ1) is 14.0. The van der Waals surface area contributed by atoms with Crippen LogP contribution in [0.2, 0.25) is 0 Å². The van der Waals surface area contributed by atoms with Gasteiger partial charge >= 0.3 is 5.97 Å². The summed E-state index contributed by atoms with van der Waals surface area (Å²) in [5.41, 5.74) is 0.413. The molecule has 2 heterocycles. The molecule has 1 saturated heterocycles. The Morgan fingerprint density at radius 2 is 2.37 bits per heavy atom. The molecule has 1 atom stereocenters. The first-order valence-corrected chi connectivity index (χ1v) is 7.13. The van der Waals surface area contributed by atoms with Gasteiger partial charge in [-0.15, -0.1) is 11.3 Å². The van der Waals surface area contributed by atoms with Gasteiger partial charge in [0, 0.05) is 11.5 Å². The number of hydrogen-bond acceptors (Lipinski definition) is 5. The fourth-order valence-corrected chi connectivity index (χ4v) is 2.85. The molecule has 1 unspecified atom stereocenters. The summed E-state index contributed by atoms with van der Waals surface area (Å²) in [5, 5.41) is 3.30. The van der Waals surface area contributed by atoms with Gasteiger partial charge in [-0.25, -0.2) is 4.79 Å². The molecule has 1 aliphatic heterocycles. The number of thiophene rings is 1. The maximum Gasteiger partial charge on any atom is 0.341 e. The van der Waals surface area contributed by atoms with E-state index in [9.17, 15) is 9.59 Å². The van der Waals surface area contributed by atoms with Crippen molar-refractivity contribution in [1.82, 2.24) is 0 Å². The van der Waals surface area contributed by atoms with Crippen molar-refractivity contribution in [3.8, 4) is 0 Å². The Labute approximate surface area is 115 Å². The Bertz CT molecular complexity index is 477. The molecule has 0 aliphatic carbocycles. The van der Waals surface area contributed by atoms with E-state index in [4.69, 9.17) is 9.47 Å². The zero-order valence-corrected chi connectivity index (χ0v) is 11.8. The Morgan fingerprint density at radius 1 is 1.58 bits per heavy atom. The van der Waals surface area contributed by atoms with Crippen LogP contribution in [0.1, 0.15) is 35.0 Å². The Hall–Kier alpha value is -1.40. The van der Waals surface area contributed by atoms with Gasteiger partial charge in [0.2, 0.25) is 0 Å². The standard InChI is InChI=1S/C13H17NO4S/c1-3-17-13(16)9-7-8(2)19-12(9)14-11(15)10-5-4-6-18-10/h7,10H,3-6H2,1-2H3,(H,14,15). The van der Waals surface area contributed by atoms with Gasteiger partial charge in [0.25, 0.3) is 5.91 Å². The van der Waals surface area contributed by atoms with Gasteiger partial charge in [-0.1, -0.05) is 0 Å². The van der Waals surface area contributed by atoms with Crippen molar-refractivity contribution >= 4 is 28.2 Å². The number of carbonyl (C=O) groups excluding carboxylic acids is 2. The molecule has 1 fully saturated rings. The molecule has 5 nitrogen and oxygen atoms in total. The van der Waals surface area contributed by atoms with E-state index in [1.807, 2.05) is 6.92 Å². The van der Waals surface area contributed by atoms with Crippen LogP contribution in [-0.2, 0) is 14.3 Å². The topological polar surface area (TPSA) is 64.6 Å². The molecule has 0 saturated carbocycles. The van der Waals surface area contributed by atoms with E-state index in [1.54, 1.807) is 13.0 Å². The normalized spacial score (nSPS) is 18.3. The van der Waals surface area contributed by atoms with Crippen LogP contribution in [0, 0.1) is 6.92 Å². The van der Waals surface area contributed by atoms with Crippen LogP contribution in [0.5, 0.6) is 0 Å². The van der Waals surface area contributed by atoms with E-state index >= 15 is 0 Å². The van der Waals surface area contributed by atoms with Gasteiger partial charge in [0.15, 0.2) is 0 Å². The monoisotopic (exact) mass is 283 g/mol. The number of anilines is 1. The molecule has 0 radical (unpaired) electrons. The van der Waals surface area contributed by atoms with Gasteiger partial charge < -0.3 is 14.8 Å². The number of ether oxygens (including phenoxy) is 2. The van der Waals surface area contributed by atoms with Crippen LogP contribution in [0.4, 0.5) is 5.00 Å². The number of amides is 1. The van der Waals surface area contributed by atoms with E-state index < -0.39 is 12.1 Å². The molecule has 0 aromatic carbocycles. The molecular weight excluding hydrogens is 266 g/mol. The highest BCUT2D eigenvalue weighted by atomic mass is 32.1. The van der Waals surface area contributed by atoms with Crippen molar-refractivity contribution < 1.29 is 19.1 Å². The fourth-order valence-electron chi connectivity index (χ4n) is 1.94. The van der Waals surface area contributed by atoms with Crippen LogP contribution in [0.3, 0.4) is 0 Å². The van der Waals surface area contributed by atoms with Gasteiger partial charge in [-0.05, 0) is 32.8 Å². The number of aryl methyl sites for hydroxylation is 1. The molecule has 1 aliphatic rings. The predicted molar refractivity (Wildman–Crippen MR) is 72.6 cm³/mol. The molecule has 0 bridgehead atoms. The predicted octanol–water partition coefficient (Wildman–Crippen LogP) is 2.35. The zero-order chi connectivity index (χ0) is 13.8. The first-order chi connectivity index (χ1) is 9.11. The third-order valence-corrected chi connectivity index (χ3v) is 3.78. The minimum Gasteiger partial charge on any atom is -0.462 e.